The molecule has 12 heavy (non-hydrogen) atoms. The molecule has 0 aromatic rings. The van der Waals surface area contributed by atoms with Gasteiger partial charge >= 0.3 is 6.98 Å². The molecule has 0 amide bonds. The second kappa shape index (κ2) is 3.68. The number of halogens is 3. The van der Waals surface area contributed by atoms with Crippen LogP contribution in [0.25, 0.3) is 0 Å². The van der Waals surface area contributed by atoms with Crippen molar-refractivity contribution >= 4 is 6.98 Å². The largest absolute Gasteiger partial charge is 0.492 e. The highest BCUT2D eigenvalue weighted by atomic mass is 19.4. The summed E-state index contributed by atoms with van der Waals surface area (Å²) >= 11 is 0. The van der Waals surface area contributed by atoms with Gasteiger partial charge in [0.25, 0.3) is 0 Å². The molecule has 1 nitrogen and oxygen atoms in total. The summed E-state index contributed by atoms with van der Waals surface area (Å²) in [5.41, 5.74) is 0. The minimum Gasteiger partial charge on any atom is -0.448 e. The lowest BCUT2D eigenvalue weighted by atomic mass is 9.89. The highest BCUT2D eigenvalue weighted by Crippen LogP contribution is 2.19. The van der Waals surface area contributed by atoms with Gasteiger partial charge in [-0.2, -0.15) is 0 Å². The molecule has 0 bridgehead atoms. The summed E-state index contributed by atoms with van der Waals surface area (Å²) < 4.78 is 35.9. The van der Waals surface area contributed by atoms with Crippen molar-refractivity contribution in [1.29, 1.82) is 0 Å². The molecule has 1 aliphatic heterocycles. The number of hydrogen-bond acceptors (Lipinski definition) is 1. The Labute approximate surface area is 71.0 Å². The third-order valence-electron chi connectivity index (χ3n) is 2.34. The summed E-state index contributed by atoms with van der Waals surface area (Å²) in [6.07, 6.45) is 1.14. The van der Waals surface area contributed by atoms with Gasteiger partial charge in [-0.3, -0.25) is 0 Å². The van der Waals surface area contributed by atoms with E-state index in [0.29, 0.717) is 19.0 Å². The first kappa shape index (κ1) is 9.90. The maximum atomic E-state index is 12.0. The molecular weight excluding hydrogens is 166 g/mol. The summed E-state index contributed by atoms with van der Waals surface area (Å²) in [7, 11) is 0. The minimum absolute atomic E-state index is 0.599. The predicted molar refractivity (Wildman–Crippen MR) is 43.9 cm³/mol. The molecule has 0 unspecified atom stereocenters. The van der Waals surface area contributed by atoms with Crippen LogP contribution in [-0.4, -0.2) is 31.4 Å². The number of hydrogen-bond donors (Lipinski definition) is 0. The number of nitrogens with zero attached hydrogens (tertiary/aromatic N) is 1. The molecule has 0 aromatic carbocycles. The number of rotatable bonds is 2. The Morgan fingerprint density at radius 3 is 2.17 bits per heavy atom. The van der Waals surface area contributed by atoms with Crippen LogP contribution < -0.4 is 0 Å². The van der Waals surface area contributed by atoms with Crippen LogP contribution in [0, 0.1) is 5.92 Å². The van der Waals surface area contributed by atoms with E-state index in [1.807, 2.05) is 0 Å². The van der Waals surface area contributed by atoms with Crippen molar-refractivity contribution in [2.45, 2.75) is 19.8 Å². The van der Waals surface area contributed by atoms with Crippen LogP contribution in [0.15, 0.2) is 0 Å². The first-order valence-electron chi connectivity index (χ1n) is 4.41. The van der Waals surface area contributed by atoms with E-state index in [0.717, 1.165) is 12.8 Å². The predicted octanol–water partition coefficient (Wildman–Crippen LogP) is 2.10. The highest BCUT2D eigenvalue weighted by Gasteiger charge is 2.27. The van der Waals surface area contributed by atoms with Crippen LogP contribution in [0.5, 0.6) is 0 Å². The standard InChI is InChI=1S/C7H14BF3N/c1-7-2-4-12(5-3-7)6-8(9,10)11/h7H,2-6H2,1H3/q-1. The van der Waals surface area contributed by atoms with Gasteiger partial charge in [0, 0.05) is 0 Å². The summed E-state index contributed by atoms with van der Waals surface area (Å²) in [5.74, 6) is 0.599. The van der Waals surface area contributed by atoms with Gasteiger partial charge in [-0.05, 0) is 38.3 Å². The lowest BCUT2D eigenvalue weighted by Crippen LogP contribution is -2.42. The molecule has 1 fully saturated rings. The van der Waals surface area contributed by atoms with Crippen LogP contribution in [-0.2, 0) is 0 Å². The van der Waals surface area contributed by atoms with Crippen LogP contribution in [0.1, 0.15) is 19.8 Å². The molecule has 1 saturated heterocycles. The molecular formula is C7H14BF3N-. The van der Waals surface area contributed by atoms with Crippen molar-refractivity contribution in [3.8, 4) is 0 Å². The van der Waals surface area contributed by atoms with Crippen molar-refractivity contribution < 1.29 is 12.9 Å². The fourth-order valence-corrected chi connectivity index (χ4v) is 1.54. The lowest BCUT2D eigenvalue weighted by molar-refractivity contribution is 0.200. The van der Waals surface area contributed by atoms with E-state index >= 15 is 0 Å². The summed E-state index contributed by atoms with van der Waals surface area (Å²) in [4.78, 5) is 1.51. The van der Waals surface area contributed by atoms with E-state index < -0.39 is 13.4 Å². The zero-order chi connectivity index (χ0) is 9.19. The van der Waals surface area contributed by atoms with Gasteiger partial charge in [0.1, 0.15) is 0 Å². The molecule has 1 rings (SSSR count). The van der Waals surface area contributed by atoms with Gasteiger partial charge < -0.3 is 17.8 Å². The van der Waals surface area contributed by atoms with Crippen LogP contribution in [0.2, 0.25) is 0 Å². The molecule has 0 atom stereocenters. The zero-order valence-corrected chi connectivity index (χ0v) is 7.27. The van der Waals surface area contributed by atoms with E-state index in [-0.39, 0.29) is 0 Å². The Balaban J connectivity index is 2.26. The van der Waals surface area contributed by atoms with Crippen molar-refractivity contribution in [2.75, 3.05) is 19.5 Å². The number of piperidine rings is 1. The van der Waals surface area contributed by atoms with Gasteiger partial charge in [-0.15, -0.1) is 0 Å². The van der Waals surface area contributed by atoms with E-state index in [1.54, 1.807) is 0 Å². The maximum Gasteiger partial charge on any atom is 0.492 e. The highest BCUT2D eigenvalue weighted by molar-refractivity contribution is 6.58. The molecule has 0 spiro atoms. The Kier molecular flexibility index (Phi) is 3.04. The fraction of sp³-hybridized carbons (Fsp3) is 1.00. The van der Waals surface area contributed by atoms with E-state index in [2.05, 4.69) is 6.92 Å². The monoisotopic (exact) mass is 180 g/mol. The lowest BCUT2D eigenvalue weighted by Gasteiger charge is -2.33. The van der Waals surface area contributed by atoms with Crippen molar-refractivity contribution in [2.24, 2.45) is 5.92 Å². The molecule has 0 N–H and O–H groups in total. The van der Waals surface area contributed by atoms with Crippen LogP contribution in [0.4, 0.5) is 12.9 Å². The summed E-state index contributed by atoms with van der Waals surface area (Å²) in [6.45, 7) is -1.30. The van der Waals surface area contributed by atoms with E-state index in [9.17, 15) is 12.9 Å². The topological polar surface area (TPSA) is 3.24 Å². The molecule has 1 aliphatic rings. The second-order valence-corrected chi connectivity index (χ2v) is 3.69. The Hall–Kier alpha value is -0.185. The third-order valence-corrected chi connectivity index (χ3v) is 2.34. The quantitative estimate of drug-likeness (QED) is 0.588. The smallest absolute Gasteiger partial charge is 0.448 e. The normalized spacial score (nSPS) is 23.0. The summed E-state index contributed by atoms with van der Waals surface area (Å²) in [5, 5.41) is 0. The Bertz CT molecular complexity index is 140. The first-order valence-corrected chi connectivity index (χ1v) is 4.41. The van der Waals surface area contributed by atoms with Gasteiger partial charge in [0.05, 0.1) is 0 Å². The minimum atomic E-state index is -4.62. The van der Waals surface area contributed by atoms with E-state index in [4.69, 9.17) is 0 Å². The first-order chi connectivity index (χ1) is 5.47. The Morgan fingerprint density at radius 1 is 1.25 bits per heavy atom. The molecule has 0 saturated carbocycles. The van der Waals surface area contributed by atoms with E-state index in [1.165, 1.54) is 4.90 Å². The molecule has 0 radical (unpaired) electrons. The van der Waals surface area contributed by atoms with Crippen molar-refractivity contribution in [3.63, 3.8) is 0 Å². The molecule has 0 aromatic heterocycles. The maximum absolute atomic E-state index is 12.0. The van der Waals surface area contributed by atoms with Gasteiger partial charge in [-0.25, -0.2) is 0 Å². The molecule has 72 valence electrons. The van der Waals surface area contributed by atoms with Crippen molar-refractivity contribution in [3.05, 3.63) is 0 Å². The van der Waals surface area contributed by atoms with Crippen LogP contribution in [0.3, 0.4) is 0 Å². The SMILES string of the molecule is CC1CCN(C[B-](F)(F)F)CC1. The van der Waals surface area contributed by atoms with Gasteiger partial charge in [0.15, 0.2) is 0 Å². The van der Waals surface area contributed by atoms with Crippen molar-refractivity contribution in [1.82, 2.24) is 4.90 Å². The number of likely N-dealkylation sites (tertiary alicyclic amines) is 1. The van der Waals surface area contributed by atoms with Gasteiger partial charge in [-0.1, -0.05) is 6.92 Å². The zero-order valence-electron chi connectivity index (χ0n) is 7.27. The molecule has 0 aliphatic carbocycles. The van der Waals surface area contributed by atoms with Gasteiger partial charge in [0.2, 0.25) is 0 Å². The average Bonchev–Trinajstić information content (AvgIpc) is 1.91. The molecule has 1 heterocycles. The molecule has 5 heteroatoms. The fourth-order valence-electron chi connectivity index (χ4n) is 1.54. The average molecular weight is 180 g/mol. The second-order valence-electron chi connectivity index (χ2n) is 3.69. The Morgan fingerprint density at radius 2 is 1.75 bits per heavy atom. The summed E-state index contributed by atoms with van der Waals surface area (Å²) in [6, 6.07) is 0. The third kappa shape index (κ3) is 3.47. The van der Waals surface area contributed by atoms with Crippen LogP contribution >= 0.6 is 0 Å².